The van der Waals surface area contributed by atoms with Gasteiger partial charge in [0.25, 0.3) is 11.8 Å². The second-order valence-electron chi connectivity index (χ2n) is 7.56. The average molecular weight is 445 g/mol. The molecule has 2 aliphatic heterocycles. The summed E-state index contributed by atoms with van der Waals surface area (Å²) >= 11 is 1.40. The second kappa shape index (κ2) is 8.43. The van der Waals surface area contributed by atoms with Gasteiger partial charge >= 0.3 is 0 Å². The van der Waals surface area contributed by atoms with Crippen LogP contribution in [0.2, 0.25) is 0 Å². The quantitative estimate of drug-likeness (QED) is 0.569. The number of nitrogens with one attached hydrogen (secondary N) is 2. The number of thioether (sulfide) groups is 1. The van der Waals surface area contributed by atoms with E-state index < -0.39 is 0 Å². The van der Waals surface area contributed by atoms with E-state index >= 15 is 0 Å². The Labute approximate surface area is 189 Å². The van der Waals surface area contributed by atoms with Crippen LogP contribution in [0.5, 0.6) is 11.5 Å². The monoisotopic (exact) mass is 444 g/mol. The van der Waals surface area contributed by atoms with Gasteiger partial charge in [0.15, 0.2) is 11.5 Å². The highest BCUT2D eigenvalue weighted by Crippen LogP contribution is 2.39. The topological polar surface area (TPSA) is 76.7 Å². The maximum Gasteiger partial charge on any atom is 0.262 e. The predicted molar refractivity (Wildman–Crippen MR) is 124 cm³/mol. The van der Waals surface area contributed by atoms with Crippen molar-refractivity contribution in [1.29, 1.82) is 0 Å². The molecular weight excluding hydrogens is 424 g/mol. The lowest BCUT2D eigenvalue weighted by molar-refractivity contribution is -0.112. The molecule has 2 aliphatic rings. The SMILES string of the molecule is Cc1ccc(/C=C2/Sc3ccc(C(=O)NCc4ccc5c(c4)OCO5)cc3NC2=O)cc1. The van der Waals surface area contributed by atoms with Gasteiger partial charge in [-0.05, 0) is 54.5 Å². The Morgan fingerprint density at radius 2 is 1.88 bits per heavy atom. The molecule has 3 aromatic carbocycles. The minimum absolute atomic E-state index is 0.180. The van der Waals surface area contributed by atoms with Crippen LogP contribution in [0, 0.1) is 6.92 Å². The van der Waals surface area contributed by atoms with Gasteiger partial charge in [-0.25, -0.2) is 0 Å². The van der Waals surface area contributed by atoms with Gasteiger partial charge in [0.2, 0.25) is 6.79 Å². The lowest BCUT2D eigenvalue weighted by Gasteiger charge is -2.19. The van der Waals surface area contributed by atoms with E-state index in [0.29, 0.717) is 34.2 Å². The Balaban J connectivity index is 1.28. The van der Waals surface area contributed by atoms with Gasteiger partial charge in [0, 0.05) is 17.0 Å². The molecule has 0 atom stereocenters. The van der Waals surface area contributed by atoms with Crippen LogP contribution in [0.25, 0.3) is 6.08 Å². The molecule has 2 heterocycles. The van der Waals surface area contributed by atoms with Crippen LogP contribution in [0.15, 0.2) is 70.5 Å². The Kier molecular flexibility index (Phi) is 5.33. The first-order valence-corrected chi connectivity index (χ1v) is 11.0. The lowest BCUT2D eigenvalue weighted by atomic mass is 10.1. The molecule has 0 unspecified atom stereocenters. The number of hydrogen-bond acceptors (Lipinski definition) is 5. The van der Waals surface area contributed by atoms with Crippen molar-refractivity contribution in [2.75, 3.05) is 12.1 Å². The van der Waals surface area contributed by atoms with Gasteiger partial charge in [0.1, 0.15) is 0 Å². The van der Waals surface area contributed by atoms with Crippen LogP contribution in [-0.4, -0.2) is 18.6 Å². The standard InChI is InChI=1S/C25H20N2O4S/c1-15-2-4-16(5-3-15)11-23-25(29)27-19-12-18(7-9-22(19)32-23)24(28)26-13-17-6-8-20-21(10-17)31-14-30-20/h2-12H,13-14H2,1H3,(H,26,28)(H,27,29)/b23-11+. The van der Waals surface area contributed by atoms with Crippen LogP contribution in [0.4, 0.5) is 5.69 Å². The Morgan fingerprint density at radius 1 is 1.06 bits per heavy atom. The zero-order valence-electron chi connectivity index (χ0n) is 17.3. The normalized spacial score (nSPS) is 15.3. The number of ether oxygens (including phenoxy) is 2. The number of fused-ring (bicyclic) bond motifs is 2. The summed E-state index contributed by atoms with van der Waals surface area (Å²) < 4.78 is 10.7. The molecule has 7 heteroatoms. The van der Waals surface area contributed by atoms with Crippen LogP contribution in [0.1, 0.15) is 27.0 Å². The smallest absolute Gasteiger partial charge is 0.262 e. The summed E-state index contributed by atoms with van der Waals surface area (Å²) in [6.45, 7) is 2.60. The highest BCUT2D eigenvalue weighted by atomic mass is 32.2. The van der Waals surface area contributed by atoms with Crippen molar-refractivity contribution in [3.63, 3.8) is 0 Å². The summed E-state index contributed by atoms with van der Waals surface area (Å²) in [6, 6.07) is 18.9. The van der Waals surface area contributed by atoms with Gasteiger partial charge in [-0.15, -0.1) is 0 Å². The van der Waals surface area contributed by atoms with Gasteiger partial charge in [-0.3, -0.25) is 9.59 Å². The molecule has 160 valence electrons. The fourth-order valence-electron chi connectivity index (χ4n) is 3.45. The molecule has 2 amide bonds. The number of carbonyl (C=O) groups is 2. The van der Waals surface area contributed by atoms with E-state index in [2.05, 4.69) is 10.6 Å². The third-order valence-electron chi connectivity index (χ3n) is 5.20. The van der Waals surface area contributed by atoms with E-state index in [1.54, 1.807) is 12.1 Å². The van der Waals surface area contributed by atoms with Crippen molar-refractivity contribution < 1.29 is 19.1 Å². The summed E-state index contributed by atoms with van der Waals surface area (Å²) in [5, 5.41) is 5.80. The molecule has 0 fully saturated rings. The minimum Gasteiger partial charge on any atom is -0.454 e. The molecule has 6 nitrogen and oxygen atoms in total. The minimum atomic E-state index is -0.217. The van der Waals surface area contributed by atoms with E-state index in [9.17, 15) is 9.59 Å². The molecular formula is C25H20N2O4S. The second-order valence-corrected chi connectivity index (χ2v) is 8.64. The molecule has 0 saturated carbocycles. The summed E-state index contributed by atoms with van der Waals surface area (Å²) in [4.78, 5) is 26.8. The van der Waals surface area contributed by atoms with Crippen molar-refractivity contribution in [3.05, 3.63) is 87.8 Å². The number of rotatable bonds is 4. The van der Waals surface area contributed by atoms with E-state index in [0.717, 1.165) is 16.0 Å². The number of aryl methyl sites for hydroxylation is 1. The largest absolute Gasteiger partial charge is 0.454 e. The zero-order chi connectivity index (χ0) is 22.1. The van der Waals surface area contributed by atoms with Gasteiger partial charge in [0.05, 0.1) is 10.6 Å². The number of benzene rings is 3. The summed E-state index contributed by atoms with van der Waals surface area (Å²) in [5.41, 5.74) is 4.17. The molecule has 0 aromatic heterocycles. The maximum atomic E-state index is 12.7. The van der Waals surface area contributed by atoms with Gasteiger partial charge in [-0.2, -0.15) is 0 Å². The van der Waals surface area contributed by atoms with Crippen LogP contribution in [0.3, 0.4) is 0 Å². The number of hydrogen-bond donors (Lipinski definition) is 2. The fourth-order valence-corrected chi connectivity index (χ4v) is 4.38. The molecule has 3 aromatic rings. The molecule has 0 spiro atoms. The summed E-state index contributed by atoms with van der Waals surface area (Å²) in [6.07, 6.45) is 1.87. The van der Waals surface area contributed by atoms with Crippen molar-refractivity contribution in [1.82, 2.24) is 5.32 Å². The number of carbonyl (C=O) groups excluding carboxylic acids is 2. The zero-order valence-corrected chi connectivity index (χ0v) is 18.1. The van der Waals surface area contributed by atoms with E-state index in [4.69, 9.17) is 9.47 Å². The molecule has 0 radical (unpaired) electrons. The predicted octanol–water partition coefficient (Wildman–Crippen LogP) is 4.74. The van der Waals surface area contributed by atoms with Crippen molar-refractivity contribution in [3.8, 4) is 11.5 Å². The Bertz CT molecular complexity index is 1250. The molecule has 0 bridgehead atoms. The first-order valence-electron chi connectivity index (χ1n) is 10.1. The van der Waals surface area contributed by atoms with Crippen LogP contribution < -0.4 is 20.1 Å². The first kappa shape index (κ1) is 20.2. The lowest BCUT2D eigenvalue weighted by Crippen LogP contribution is -2.23. The average Bonchev–Trinajstić information content (AvgIpc) is 3.27. The summed E-state index contributed by atoms with van der Waals surface area (Å²) in [5.74, 6) is 0.991. The van der Waals surface area contributed by atoms with Crippen molar-refractivity contribution in [2.45, 2.75) is 18.4 Å². The van der Waals surface area contributed by atoms with Crippen molar-refractivity contribution >= 4 is 35.3 Å². The third kappa shape index (κ3) is 4.20. The molecule has 2 N–H and O–H groups in total. The van der Waals surface area contributed by atoms with Gasteiger partial charge in [-0.1, -0.05) is 47.7 Å². The Hall–Kier alpha value is -3.71. The van der Waals surface area contributed by atoms with Crippen molar-refractivity contribution in [2.24, 2.45) is 0 Å². The van der Waals surface area contributed by atoms with Crippen LogP contribution >= 0.6 is 11.8 Å². The highest BCUT2D eigenvalue weighted by Gasteiger charge is 2.22. The maximum absolute atomic E-state index is 12.7. The Morgan fingerprint density at radius 3 is 2.72 bits per heavy atom. The fraction of sp³-hybridized carbons (Fsp3) is 0.120. The highest BCUT2D eigenvalue weighted by molar-refractivity contribution is 8.04. The van der Waals surface area contributed by atoms with Crippen LogP contribution in [-0.2, 0) is 11.3 Å². The van der Waals surface area contributed by atoms with E-state index in [1.807, 2.05) is 61.5 Å². The molecule has 0 aliphatic carbocycles. The van der Waals surface area contributed by atoms with Gasteiger partial charge < -0.3 is 20.1 Å². The molecule has 5 rings (SSSR count). The van der Waals surface area contributed by atoms with E-state index in [-0.39, 0.29) is 18.6 Å². The van der Waals surface area contributed by atoms with E-state index in [1.165, 1.54) is 17.3 Å². The third-order valence-corrected chi connectivity index (χ3v) is 6.30. The molecule has 32 heavy (non-hydrogen) atoms. The number of amides is 2. The molecule has 0 saturated heterocycles. The first-order chi connectivity index (χ1) is 15.5. The number of anilines is 1. The summed E-state index contributed by atoms with van der Waals surface area (Å²) in [7, 11) is 0.